The molecule has 0 aliphatic carbocycles. The van der Waals surface area contributed by atoms with Gasteiger partial charge in [0, 0.05) is 22.9 Å². The van der Waals surface area contributed by atoms with E-state index in [0.717, 1.165) is 16.5 Å². The van der Waals surface area contributed by atoms with Gasteiger partial charge in [-0.25, -0.2) is 9.59 Å². The summed E-state index contributed by atoms with van der Waals surface area (Å²) in [4.78, 5) is 48.1. The number of nitrogens with one attached hydrogen (secondary N) is 2. The van der Waals surface area contributed by atoms with Crippen molar-refractivity contribution in [3.05, 3.63) is 75.1 Å². The van der Waals surface area contributed by atoms with Gasteiger partial charge < -0.3 is 24.9 Å². The summed E-state index contributed by atoms with van der Waals surface area (Å²) in [6.45, 7) is 6.20. The van der Waals surface area contributed by atoms with Crippen LogP contribution >= 0.6 is 0 Å². The summed E-state index contributed by atoms with van der Waals surface area (Å²) in [6, 6.07) is 12.1. The molecular formula is C27H30N2O7. The molecule has 9 heteroatoms. The third kappa shape index (κ3) is 6.29. The van der Waals surface area contributed by atoms with E-state index in [1.54, 1.807) is 32.9 Å². The van der Waals surface area contributed by atoms with Gasteiger partial charge in [0.1, 0.15) is 17.4 Å². The molecule has 190 valence electrons. The smallest absolute Gasteiger partial charge is 0.340 e. The molecule has 9 nitrogen and oxygen atoms in total. The van der Waals surface area contributed by atoms with Gasteiger partial charge in [-0.05, 0) is 43.0 Å². The highest BCUT2D eigenvalue weighted by molar-refractivity contribution is 5.89. The van der Waals surface area contributed by atoms with Crippen LogP contribution in [0.15, 0.2) is 51.7 Å². The number of amides is 2. The number of aryl methyl sites for hydroxylation is 2. The van der Waals surface area contributed by atoms with Crippen molar-refractivity contribution in [1.29, 1.82) is 0 Å². The number of carbonyl (C=O) groups excluding carboxylic acids is 2. The summed E-state index contributed by atoms with van der Waals surface area (Å²) >= 11 is 0. The maximum Gasteiger partial charge on any atom is 0.340 e. The maximum absolute atomic E-state index is 12.8. The Balaban J connectivity index is 1.66. The number of carbonyl (C=O) groups is 3. The first kappa shape index (κ1) is 26.5. The van der Waals surface area contributed by atoms with Crippen molar-refractivity contribution in [3.63, 3.8) is 0 Å². The van der Waals surface area contributed by atoms with Crippen LogP contribution in [0, 0.1) is 19.8 Å². The lowest BCUT2D eigenvalue weighted by Gasteiger charge is -2.18. The molecule has 0 spiro atoms. The van der Waals surface area contributed by atoms with Crippen molar-refractivity contribution in [2.45, 2.75) is 40.2 Å². The summed E-state index contributed by atoms with van der Waals surface area (Å²) in [5.74, 6) is -2.26. The van der Waals surface area contributed by atoms with E-state index >= 15 is 0 Å². The SMILES string of the molecule is Cc1c(Cc2ccccc2)c(=O)oc2c(C)c(OCC(=O)NCC(=O)N[C@@H](C(=O)O)C(C)C)ccc12. The summed E-state index contributed by atoms with van der Waals surface area (Å²) in [7, 11) is 0. The van der Waals surface area contributed by atoms with Crippen LogP contribution in [0.3, 0.4) is 0 Å². The van der Waals surface area contributed by atoms with Crippen LogP contribution in [0.2, 0.25) is 0 Å². The topological polar surface area (TPSA) is 135 Å². The third-order valence-corrected chi connectivity index (χ3v) is 5.93. The molecule has 0 fully saturated rings. The Labute approximate surface area is 208 Å². The Kier molecular flexibility index (Phi) is 8.47. The van der Waals surface area contributed by atoms with Crippen LogP contribution in [0.25, 0.3) is 11.0 Å². The van der Waals surface area contributed by atoms with Crippen molar-refractivity contribution in [2.24, 2.45) is 5.92 Å². The molecule has 3 aromatic rings. The van der Waals surface area contributed by atoms with Crippen molar-refractivity contribution in [2.75, 3.05) is 13.2 Å². The lowest BCUT2D eigenvalue weighted by atomic mass is 9.98. The zero-order valence-corrected chi connectivity index (χ0v) is 20.7. The molecule has 0 saturated heterocycles. The molecule has 1 aromatic heterocycles. The fourth-order valence-corrected chi connectivity index (χ4v) is 3.84. The summed E-state index contributed by atoms with van der Waals surface area (Å²) in [5.41, 5.74) is 2.96. The quantitative estimate of drug-likeness (QED) is 0.369. The van der Waals surface area contributed by atoms with Crippen LogP contribution in [0.1, 0.15) is 36.1 Å². The van der Waals surface area contributed by atoms with Gasteiger partial charge in [0.25, 0.3) is 5.91 Å². The molecule has 3 N–H and O–H groups in total. The highest BCUT2D eigenvalue weighted by atomic mass is 16.5. The van der Waals surface area contributed by atoms with Gasteiger partial charge in [0.2, 0.25) is 5.91 Å². The first-order chi connectivity index (χ1) is 17.1. The molecule has 0 unspecified atom stereocenters. The number of carboxylic acids is 1. The fourth-order valence-electron chi connectivity index (χ4n) is 3.84. The monoisotopic (exact) mass is 494 g/mol. The van der Waals surface area contributed by atoms with Gasteiger partial charge in [-0.1, -0.05) is 44.2 Å². The van der Waals surface area contributed by atoms with Gasteiger partial charge >= 0.3 is 11.6 Å². The molecule has 0 radical (unpaired) electrons. The minimum atomic E-state index is -1.14. The Hall–Kier alpha value is -4.14. The Morgan fingerprint density at radius 1 is 1.00 bits per heavy atom. The number of carboxylic acid groups (broad SMARTS) is 1. The first-order valence-corrected chi connectivity index (χ1v) is 11.6. The second-order valence-corrected chi connectivity index (χ2v) is 8.91. The van der Waals surface area contributed by atoms with E-state index in [0.29, 0.717) is 28.9 Å². The summed E-state index contributed by atoms with van der Waals surface area (Å²) in [5, 5.41) is 14.7. The number of fused-ring (bicyclic) bond motifs is 1. The van der Waals surface area contributed by atoms with E-state index in [2.05, 4.69) is 10.6 Å². The van der Waals surface area contributed by atoms with Crippen molar-refractivity contribution >= 4 is 28.8 Å². The van der Waals surface area contributed by atoms with Gasteiger partial charge in [-0.2, -0.15) is 0 Å². The largest absolute Gasteiger partial charge is 0.483 e. The van der Waals surface area contributed by atoms with Gasteiger partial charge in [0.05, 0.1) is 6.54 Å². The van der Waals surface area contributed by atoms with Crippen LogP contribution < -0.4 is 21.0 Å². The fraction of sp³-hybridized carbons (Fsp3) is 0.333. The zero-order valence-electron chi connectivity index (χ0n) is 20.7. The number of aliphatic carboxylic acids is 1. The van der Waals surface area contributed by atoms with Crippen LogP contribution in [-0.4, -0.2) is 42.1 Å². The predicted molar refractivity (Wildman–Crippen MR) is 134 cm³/mol. The van der Waals surface area contributed by atoms with Crippen LogP contribution in [-0.2, 0) is 20.8 Å². The second-order valence-electron chi connectivity index (χ2n) is 8.91. The van der Waals surface area contributed by atoms with E-state index < -0.39 is 29.5 Å². The second kappa shape index (κ2) is 11.5. The molecule has 2 amide bonds. The first-order valence-electron chi connectivity index (χ1n) is 11.6. The molecular weight excluding hydrogens is 464 g/mol. The van der Waals surface area contributed by atoms with Crippen molar-refractivity contribution in [3.8, 4) is 5.75 Å². The van der Waals surface area contributed by atoms with Gasteiger partial charge in [0.15, 0.2) is 6.61 Å². The highest BCUT2D eigenvalue weighted by Crippen LogP contribution is 2.30. The lowest BCUT2D eigenvalue weighted by Crippen LogP contribution is -2.48. The van der Waals surface area contributed by atoms with Crippen molar-refractivity contribution < 1.29 is 28.6 Å². The van der Waals surface area contributed by atoms with E-state index in [-0.39, 0.29) is 19.1 Å². The molecule has 0 aliphatic heterocycles. The normalized spacial score (nSPS) is 11.8. The molecule has 0 bridgehead atoms. The number of rotatable bonds is 10. The molecule has 1 heterocycles. The minimum Gasteiger partial charge on any atom is -0.483 e. The molecule has 3 rings (SSSR count). The number of ether oxygens (including phenoxy) is 1. The van der Waals surface area contributed by atoms with Gasteiger partial charge in [-0.3, -0.25) is 9.59 Å². The van der Waals surface area contributed by atoms with Crippen LogP contribution in [0.4, 0.5) is 0 Å². The number of hydrogen-bond acceptors (Lipinski definition) is 6. The van der Waals surface area contributed by atoms with E-state index in [9.17, 15) is 19.2 Å². The maximum atomic E-state index is 12.8. The highest BCUT2D eigenvalue weighted by Gasteiger charge is 2.23. The molecule has 36 heavy (non-hydrogen) atoms. The van der Waals surface area contributed by atoms with Crippen molar-refractivity contribution in [1.82, 2.24) is 10.6 Å². The molecule has 2 aromatic carbocycles. The number of hydrogen-bond donors (Lipinski definition) is 3. The van der Waals surface area contributed by atoms with Crippen LogP contribution in [0.5, 0.6) is 5.75 Å². The lowest BCUT2D eigenvalue weighted by molar-refractivity contribution is -0.143. The number of benzene rings is 2. The average molecular weight is 495 g/mol. The summed E-state index contributed by atoms with van der Waals surface area (Å²) in [6.07, 6.45) is 0.459. The zero-order chi connectivity index (χ0) is 26.4. The molecule has 0 saturated carbocycles. The Morgan fingerprint density at radius 3 is 2.33 bits per heavy atom. The molecule has 0 aliphatic rings. The van der Waals surface area contributed by atoms with Gasteiger partial charge in [-0.15, -0.1) is 0 Å². The summed E-state index contributed by atoms with van der Waals surface area (Å²) < 4.78 is 11.2. The average Bonchev–Trinajstić information content (AvgIpc) is 2.84. The standard InChI is InChI=1S/C27H30N2O7/c1-15(2)24(26(32)33)29-22(30)13-28-23(31)14-35-21-11-10-19-16(3)20(12-18-8-6-5-7-9-18)27(34)36-25(19)17(21)4/h5-11,15,24H,12-14H2,1-4H3,(H,28,31)(H,29,30)(H,32,33)/t24-/m1/s1. The van der Waals surface area contributed by atoms with E-state index in [1.165, 1.54) is 0 Å². The van der Waals surface area contributed by atoms with E-state index in [1.807, 2.05) is 37.3 Å². The molecule has 1 atom stereocenters. The Bertz CT molecular complexity index is 1330. The van der Waals surface area contributed by atoms with E-state index in [4.69, 9.17) is 14.3 Å². The minimum absolute atomic E-state index is 0.306. The third-order valence-electron chi connectivity index (χ3n) is 5.93. The predicted octanol–water partition coefficient (Wildman–Crippen LogP) is 2.72. The Morgan fingerprint density at radius 2 is 1.69 bits per heavy atom.